The van der Waals surface area contributed by atoms with Crippen LogP contribution in [-0.4, -0.2) is 0 Å². The van der Waals surface area contributed by atoms with Gasteiger partial charge in [0, 0.05) is 0 Å². The number of hydrogen-bond acceptors (Lipinski definition) is 0. The summed E-state index contributed by atoms with van der Waals surface area (Å²) in [6.07, 6.45) is 4.91. The molecule has 122 valence electrons. The van der Waals surface area contributed by atoms with Crippen LogP contribution in [0.2, 0.25) is 0 Å². The van der Waals surface area contributed by atoms with Crippen molar-refractivity contribution < 1.29 is 0 Å². The minimum atomic E-state index is 1.21. The van der Waals surface area contributed by atoms with Crippen molar-refractivity contribution in [2.24, 2.45) is 0 Å². The van der Waals surface area contributed by atoms with E-state index < -0.39 is 0 Å². The smallest absolute Gasteiger partial charge is 0.0279 e. The first-order valence-electron chi connectivity index (χ1n) is 8.77. The molecule has 0 aliphatic rings. The third-order valence-corrected chi connectivity index (χ3v) is 3.40. The van der Waals surface area contributed by atoms with Gasteiger partial charge in [0.2, 0.25) is 0 Å². The molecule has 2 rings (SSSR count). The Labute approximate surface area is 138 Å². The summed E-state index contributed by atoms with van der Waals surface area (Å²) in [6.45, 7) is 12.7. The summed E-state index contributed by atoms with van der Waals surface area (Å²) in [5.74, 6) is 0. The van der Waals surface area contributed by atoms with E-state index in [2.05, 4.69) is 76.2 Å². The molecule has 0 aromatic heterocycles. The first kappa shape index (κ1) is 20.4. The van der Waals surface area contributed by atoms with E-state index in [4.69, 9.17) is 0 Å². The molecule has 0 saturated carbocycles. The molecule has 22 heavy (non-hydrogen) atoms. The maximum absolute atomic E-state index is 2.25. The van der Waals surface area contributed by atoms with Gasteiger partial charge < -0.3 is 0 Å². The first-order chi connectivity index (χ1) is 10.7. The Kier molecular flexibility index (Phi) is 12.2. The molecule has 0 aliphatic carbocycles. The molecule has 2 aromatic rings. The molecule has 0 saturated heterocycles. The highest BCUT2D eigenvalue weighted by Crippen LogP contribution is 2.08. The summed E-state index contributed by atoms with van der Waals surface area (Å²) in [7, 11) is 0. The number of benzene rings is 2. The van der Waals surface area contributed by atoms with E-state index >= 15 is 0 Å². The molecule has 0 heterocycles. The number of aryl methyl sites for hydroxylation is 4. The SMILES string of the molecule is CC.CCCc1cccc(C)c1.CCCc1ccccc1C. The highest BCUT2D eigenvalue weighted by molar-refractivity contribution is 5.25. The summed E-state index contributed by atoms with van der Waals surface area (Å²) in [6, 6.07) is 17.3. The predicted octanol–water partition coefficient (Wildman–Crippen LogP) is 6.92. The fraction of sp³-hybridized carbons (Fsp3) is 0.455. The summed E-state index contributed by atoms with van der Waals surface area (Å²) < 4.78 is 0. The van der Waals surface area contributed by atoms with Crippen molar-refractivity contribution in [2.75, 3.05) is 0 Å². The van der Waals surface area contributed by atoms with Crippen molar-refractivity contribution in [3.05, 3.63) is 70.8 Å². The van der Waals surface area contributed by atoms with Crippen LogP contribution in [0.25, 0.3) is 0 Å². The topological polar surface area (TPSA) is 0 Å². The van der Waals surface area contributed by atoms with E-state index in [0.717, 1.165) is 0 Å². The molecule has 0 unspecified atom stereocenters. The van der Waals surface area contributed by atoms with Crippen molar-refractivity contribution >= 4 is 0 Å². The first-order valence-corrected chi connectivity index (χ1v) is 8.77. The van der Waals surface area contributed by atoms with E-state index in [1.165, 1.54) is 47.9 Å². The van der Waals surface area contributed by atoms with E-state index in [0.29, 0.717) is 0 Å². The lowest BCUT2D eigenvalue weighted by Crippen LogP contribution is -1.85. The molecule has 0 heteroatoms. The van der Waals surface area contributed by atoms with E-state index in [-0.39, 0.29) is 0 Å². The number of hydrogen-bond donors (Lipinski definition) is 0. The van der Waals surface area contributed by atoms with Crippen LogP contribution >= 0.6 is 0 Å². The molecule has 0 N–H and O–H groups in total. The molecular weight excluding hydrogens is 264 g/mol. The Bertz CT molecular complexity index is 497. The molecule has 0 bridgehead atoms. The Morgan fingerprint density at radius 1 is 0.727 bits per heavy atom. The van der Waals surface area contributed by atoms with Crippen LogP contribution in [-0.2, 0) is 12.8 Å². The molecule has 0 amide bonds. The van der Waals surface area contributed by atoms with Gasteiger partial charge in [-0.15, -0.1) is 0 Å². The van der Waals surface area contributed by atoms with Gasteiger partial charge in [-0.1, -0.05) is 94.6 Å². The summed E-state index contributed by atoms with van der Waals surface area (Å²) in [5.41, 5.74) is 5.74. The van der Waals surface area contributed by atoms with Crippen molar-refractivity contribution in [3.63, 3.8) is 0 Å². The zero-order valence-electron chi connectivity index (χ0n) is 15.4. The van der Waals surface area contributed by atoms with Crippen LogP contribution in [0.3, 0.4) is 0 Å². The highest BCUT2D eigenvalue weighted by atomic mass is 14.0. The normalized spacial score (nSPS) is 9.18. The molecule has 0 radical (unpaired) electrons. The Morgan fingerprint density at radius 3 is 1.91 bits per heavy atom. The monoisotopic (exact) mass is 298 g/mol. The van der Waals surface area contributed by atoms with Gasteiger partial charge in [-0.3, -0.25) is 0 Å². The second-order valence-corrected chi connectivity index (χ2v) is 5.42. The molecule has 0 nitrogen and oxygen atoms in total. The third kappa shape index (κ3) is 8.67. The van der Waals surface area contributed by atoms with E-state index in [9.17, 15) is 0 Å². The fourth-order valence-electron chi connectivity index (χ4n) is 2.32. The lowest BCUT2D eigenvalue weighted by atomic mass is 10.1. The maximum atomic E-state index is 2.25. The van der Waals surface area contributed by atoms with Crippen molar-refractivity contribution in [2.45, 2.75) is 67.2 Å². The largest absolute Gasteiger partial charge is 0.0683 e. The molecule has 2 aromatic carbocycles. The maximum Gasteiger partial charge on any atom is -0.0279 e. The lowest BCUT2D eigenvalue weighted by Gasteiger charge is -2.01. The Morgan fingerprint density at radius 2 is 1.36 bits per heavy atom. The summed E-state index contributed by atoms with van der Waals surface area (Å²) in [5, 5.41) is 0. The second kappa shape index (κ2) is 13.1. The van der Waals surface area contributed by atoms with Gasteiger partial charge in [0.15, 0.2) is 0 Å². The minimum absolute atomic E-state index is 1.21. The van der Waals surface area contributed by atoms with Crippen LogP contribution in [0.4, 0.5) is 0 Å². The van der Waals surface area contributed by atoms with Crippen molar-refractivity contribution in [1.82, 2.24) is 0 Å². The van der Waals surface area contributed by atoms with Crippen molar-refractivity contribution in [1.29, 1.82) is 0 Å². The van der Waals surface area contributed by atoms with Crippen LogP contribution in [0.15, 0.2) is 48.5 Å². The molecule has 0 aliphatic heterocycles. The third-order valence-electron chi connectivity index (χ3n) is 3.40. The average molecular weight is 299 g/mol. The van der Waals surface area contributed by atoms with Gasteiger partial charge in [0.25, 0.3) is 0 Å². The molecular formula is C22H34. The van der Waals surface area contributed by atoms with Gasteiger partial charge in [0.05, 0.1) is 0 Å². The van der Waals surface area contributed by atoms with Crippen LogP contribution < -0.4 is 0 Å². The van der Waals surface area contributed by atoms with Crippen molar-refractivity contribution in [3.8, 4) is 0 Å². The summed E-state index contributed by atoms with van der Waals surface area (Å²) in [4.78, 5) is 0. The Hall–Kier alpha value is -1.56. The van der Waals surface area contributed by atoms with Gasteiger partial charge >= 0.3 is 0 Å². The zero-order valence-corrected chi connectivity index (χ0v) is 15.4. The highest BCUT2D eigenvalue weighted by Gasteiger charge is 1.92. The van der Waals surface area contributed by atoms with Crippen LogP contribution in [0.1, 0.15) is 62.8 Å². The summed E-state index contributed by atoms with van der Waals surface area (Å²) >= 11 is 0. The minimum Gasteiger partial charge on any atom is -0.0683 e. The fourth-order valence-corrected chi connectivity index (χ4v) is 2.32. The average Bonchev–Trinajstić information content (AvgIpc) is 2.53. The van der Waals surface area contributed by atoms with Gasteiger partial charge in [-0.25, -0.2) is 0 Å². The van der Waals surface area contributed by atoms with Gasteiger partial charge in [0.1, 0.15) is 0 Å². The number of rotatable bonds is 4. The molecule has 0 spiro atoms. The van der Waals surface area contributed by atoms with E-state index in [1.807, 2.05) is 13.8 Å². The van der Waals surface area contributed by atoms with Gasteiger partial charge in [-0.05, 0) is 43.4 Å². The van der Waals surface area contributed by atoms with Crippen LogP contribution in [0.5, 0.6) is 0 Å². The van der Waals surface area contributed by atoms with Crippen LogP contribution in [0, 0.1) is 13.8 Å². The molecule has 0 fully saturated rings. The lowest BCUT2D eigenvalue weighted by molar-refractivity contribution is 0.913. The standard InChI is InChI=1S/2C10H14.C2H6/c1-3-6-10-8-5-4-7-9(10)2;1-3-5-10-7-4-6-9(2)8-10;1-2/h4-5,7-8H,3,6H2,1-2H3;4,6-8H,3,5H2,1-2H3;1-2H3. The molecule has 0 atom stereocenters. The predicted molar refractivity (Wildman–Crippen MR) is 102 cm³/mol. The van der Waals surface area contributed by atoms with Gasteiger partial charge in [-0.2, -0.15) is 0 Å². The van der Waals surface area contributed by atoms with E-state index in [1.54, 1.807) is 0 Å². The quantitative estimate of drug-likeness (QED) is 0.574. The zero-order chi connectivity index (χ0) is 16.8. The second-order valence-electron chi connectivity index (χ2n) is 5.42. The Balaban J connectivity index is 0.000000360.